The summed E-state index contributed by atoms with van der Waals surface area (Å²) < 4.78 is 41.9. The molecule has 2 aliphatic carbocycles. The van der Waals surface area contributed by atoms with E-state index in [9.17, 15) is 0 Å². The molecule has 2 aliphatic rings. The maximum Gasteiger partial charge on any atom is 0.212 e. The van der Waals surface area contributed by atoms with Gasteiger partial charge in [0.25, 0.3) is 0 Å². The number of nitrogens with zero attached hydrogens (tertiary/aromatic N) is 5. The summed E-state index contributed by atoms with van der Waals surface area (Å²) in [5, 5.41) is 0. The second-order valence-corrected chi connectivity index (χ2v) is 26.7. The van der Waals surface area contributed by atoms with Gasteiger partial charge in [0, 0.05) is 93.0 Å². The molecule has 2 fully saturated rings. The smallest absolute Gasteiger partial charge is 0.201 e. The van der Waals surface area contributed by atoms with Gasteiger partial charge in [-0.25, -0.2) is 22.8 Å². The third-order valence-corrected chi connectivity index (χ3v) is 18.4. The average Bonchev–Trinajstić information content (AvgIpc) is 1.20. The molecular weight excluding hydrogens is 1100 g/mol. The molecule has 12 rings (SSSR count). The molecule has 5 aromatic carbocycles. The summed E-state index contributed by atoms with van der Waals surface area (Å²) in [5.41, 5.74) is 25.3. The maximum atomic E-state index is 8.23. The molecule has 472 valence electrons. The van der Waals surface area contributed by atoms with Crippen LogP contribution in [0.2, 0.25) is 0 Å². The number of rotatable bonds is 12. The lowest BCUT2D eigenvalue weighted by Gasteiger charge is -2.11. The third kappa shape index (κ3) is 19.0. The van der Waals surface area contributed by atoms with Gasteiger partial charge < -0.3 is 0 Å². The zero-order chi connectivity index (χ0) is 68.6. The van der Waals surface area contributed by atoms with Crippen molar-refractivity contribution in [1.29, 1.82) is 0 Å². The van der Waals surface area contributed by atoms with Crippen LogP contribution in [0.5, 0.6) is 0 Å². The first kappa shape index (κ1) is 63.0. The Morgan fingerprint density at radius 2 is 0.725 bits per heavy atom. The van der Waals surface area contributed by atoms with E-state index in [1.165, 1.54) is 148 Å². The van der Waals surface area contributed by atoms with Crippen molar-refractivity contribution >= 4 is 0 Å². The average molecular weight is 1220 g/mol. The van der Waals surface area contributed by atoms with Crippen molar-refractivity contribution < 1.29 is 28.3 Å². The van der Waals surface area contributed by atoms with Crippen LogP contribution in [-0.2, 0) is 48.1 Å². The standard InChI is InChI=1S/2C18H22N.2C17H22N.C16H20N/c1-14-7-3-6-10-17(14)18-13-16(11-12-19(18)2)15-8-4-5-9-15;1-14-7-3-6-10-17(14)18-12-11-16(13-19(18)2)15-8-4-5-9-15;1-13(2)11-15-9-10-18(4)17(12-15)16-8-6-5-7-14(16)3;1-13(2)11-15-9-10-17(18(4)12-15)16-8-6-5-7-14(16)3;1-12(2)14-9-10-17(4)16(11-14)15-8-6-5-7-13(15)3/h2*3,6-7,10-13,15H,4-5,8-9H2,1-2H3;2*5-10,12-13H,11H2,1-4H3;5-12H,1-4H3/q5*+1/i;;;;1D3,12D. The summed E-state index contributed by atoms with van der Waals surface area (Å²) >= 11 is 0. The highest BCUT2D eigenvalue weighted by molar-refractivity contribution is 5.64. The second-order valence-electron chi connectivity index (χ2n) is 26.7. The van der Waals surface area contributed by atoms with Crippen LogP contribution in [0, 0.1) is 46.5 Å². The Labute approximate surface area is 555 Å². The van der Waals surface area contributed by atoms with E-state index in [1.807, 2.05) is 55.1 Å². The van der Waals surface area contributed by atoms with Crippen LogP contribution in [-0.4, -0.2) is 0 Å². The van der Waals surface area contributed by atoms with Crippen molar-refractivity contribution in [3.63, 3.8) is 0 Å². The van der Waals surface area contributed by atoms with Gasteiger partial charge >= 0.3 is 0 Å². The Morgan fingerprint density at radius 1 is 0.363 bits per heavy atom. The number of aryl methyl sites for hydroxylation is 10. The van der Waals surface area contributed by atoms with E-state index in [0.717, 1.165) is 41.5 Å². The second kappa shape index (κ2) is 33.3. The van der Waals surface area contributed by atoms with Crippen molar-refractivity contribution in [2.45, 2.75) is 158 Å². The monoisotopic (exact) mass is 1210 g/mol. The Morgan fingerprint density at radius 3 is 1.14 bits per heavy atom. The number of hydrogen-bond acceptors (Lipinski definition) is 0. The van der Waals surface area contributed by atoms with Crippen molar-refractivity contribution in [2.75, 3.05) is 0 Å². The van der Waals surface area contributed by atoms with Crippen molar-refractivity contribution in [3.8, 4) is 56.3 Å². The van der Waals surface area contributed by atoms with Crippen LogP contribution in [0.4, 0.5) is 0 Å². The minimum absolute atomic E-state index is 0.499. The zero-order valence-corrected chi connectivity index (χ0v) is 57.8. The summed E-state index contributed by atoms with van der Waals surface area (Å²) in [6, 6.07) is 64.2. The van der Waals surface area contributed by atoms with Gasteiger partial charge in [-0.3, -0.25) is 0 Å². The SMILES string of the molecule is Cc1ccccc1-c1cc(C2CCCC2)cc[n+]1C.Cc1ccccc1-c1cc(CC(C)C)cc[n+]1C.Cc1ccccc1-c1ccc(C2CCCC2)c[n+]1C.Cc1ccccc1-c1ccc(CC(C)C)c[n+]1C.[2H]C([2H])([2H])C([2H])(C)c1cc[n+](C)c(-c2ccccc2C)c1. The van der Waals surface area contributed by atoms with E-state index in [0.29, 0.717) is 17.4 Å². The molecule has 5 heterocycles. The number of aromatic nitrogens is 5. The van der Waals surface area contributed by atoms with E-state index in [4.69, 9.17) is 5.48 Å². The molecular formula is C86H108N5+5. The highest BCUT2D eigenvalue weighted by atomic mass is 14.9. The first-order chi connectivity index (χ1) is 45.3. The van der Waals surface area contributed by atoms with Crippen molar-refractivity contribution in [1.82, 2.24) is 0 Å². The van der Waals surface area contributed by atoms with E-state index in [2.05, 4.69) is 272 Å². The van der Waals surface area contributed by atoms with Crippen LogP contribution >= 0.6 is 0 Å². The molecule has 0 aliphatic heterocycles. The molecule has 0 N–H and O–H groups in total. The molecule has 10 aromatic rings. The predicted octanol–water partition coefficient (Wildman–Crippen LogP) is 19.3. The summed E-state index contributed by atoms with van der Waals surface area (Å²) in [7, 11) is 10.5. The normalized spacial score (nSPS) is 14.4. The summed E-state index contributed by atoms with van der Waals surface area (Å²) in [6.45, 7) is 18.9. The van der Waals surface area contributed by atoms with E-state index >= 15 is 0 Å². The molecule has 5 nitrogen and oxygen atoms in total. The summed E-state index contributed by atoms with van der Waals surface area (Å²) in [4.78, 5) is 0. The highest BCUT2D eigenvalue weighted by Gasteiger charge is 2.24. The Balaban J connectivity index is 0.000000152. The lowest BCUT2D eigenvalue weighted by atomic mass is 9.95. The molecule has 0 amide bonds. The summed E-state index contributed by atoms with van der Waals surface area (Å²) in [5.74, 6) is 1.34. The molecule has 0 saturated heterocycles. The van der Waals surface area contributed by atoms with Gasteiger partial charge in [0.1, 0.15) is 35.2 Å². The fourth-order valence-corrected chi connectivity index (χ4v) is 13.2. The van der Waals surface area contributed by atoms with Gasteiger partial charge in [0.05, 0.1) is 0 Å². The van der Waals surface area contributed by atoms with Crippen LogP contribution in [0.15, 0.2) is 213 Å². The Bertz CT molecular complexity index is 4150. The molecule has 0 spiro atoms. The van der Waals surface area contributed by atoms with Crippen LogP contribution in [0.3, 0.4) is 0 Å². The maximum absolute atomic E-state index is 8.23. The highest BCUT2D eigenvalue weighted by Crippen LogP contribution is 2.36. The van der Waals surface area contributed by atoms with E-state index < -0.39 is 12.7 Å². The van der Waals surface area contributed by atoms with Crippen molar-refractivity contribution in [3.05, 3.63) is 269 Å². The van der Waals surface area contributed by atoms with Crippen LogP contribution in [0.1, 0.15) is 172 Å². The molecule has 1 unspecified atom stereocenters. The van der Waals surface area contributed by atoms with Crippen LogP contribution in [0.25, 0.3) is 56.3 Å². The lowest BCUT2D eigenvalue weighted by Crippen LogP contribution is -2.31. The minimum Gasteiger partial charge on any atom is -0.201 e. The van der Waals surface area contributed by atoms with E-state index in [-0.39, 0.29) is 0 Å². The Kier molecular flexibility index (Phi) is 23.0. The molecule has 0 radical (unpaired) electrons. The molecule has 5 heteroatoms. The van der Waals surface area contributed by atoms with E-state index in [1.54, 1.807) is 6.07 Å². The molecule has 91 heavy (non-hydrogen) atoms. The van der Waals surface area contributed by atoms with Gasteiger partial charge in [0.2, 0.25) is 28.5 Å². The van der Waals surface area contributed by atoms with Gasteiger partial charge in [-0.05, 0) is 190 Å². The molecule has 0 bridgehead atoms. The first-order valence-corrected chi connectivity index (χ1v) is 33.6. The number of pyridine rings is 5. The summed E-state index contributed by atoms with van der Waals surface area (Å²) in [6.07, 6.45) is 24.1. The quantitative estimate of drug-likeness (QED) is 0.109. The zero-order valence-electron chi connectivity index (χ0n) is 61.8. The minimum atomic E-state index is -2.37. The largest absolute Gasteiger partial charge is 0.212 e. The molecule has 1 atom stereocenters. The fraction of sp³-hybridized carbons (Fsp3) is 0.360. The van der Waals surface area contributed by atoms with Gasteiger partial charge in [-0.1, -0.05) is 158 Å². The Hall–Kier alpha value is -8.15. The van der Waals surface area contributed by atoms with Crippen molar-refractivity contribution in [2.24, 2.45) is 47.1 Å². The number of benzene rings is 5. The lowest BCUT2D eigenvalue weighted by molar-refractivity contribution is -0.661. The molecule has 2 saturated carbocycles. The molecule has 5 aromatic heterocycles. The topological polar surface area (TPSA) is 19.4 Å². The van der Waals surface area contributed by atoms with Gasteiger partial charge in [0.15, 0.2) is 31.0 Å². The van der Waals surface area contributed by atoms with Gasteiger partial charge in [-0.2, -0.15) is 0 Å². The first-order valence-electron chi connectivity index (χ1n) is 35.6. The predicted molar refractivity (Wildman–Crippen MR) is 383 cm³/mol. The van der Waals surface area contributed by atoms with Gasteiger partial charge in [-0.15, -0.1) is 0 Å². The fourth-order valence-electron chi connectivity index (χ4n) is 13.2. The number of hydrogen-bond donors (Lipinski definition) is 0. The third-order valence-electron chi connectivity index (χ3n) is 18.4. The van der Waals surface area contributed by atoms with Crippen LogP contribution < -0.4 is 22.8 Å².